The van der Waals surface area contributed by atoms with Crippen LogP contribution in [0, 0.1) is 9.39 Å². The maximum Gasteiger partial charge on any atom is 0.266 e. The Morgan fingerprint density at radius 3 is 2.89 bits per heavy atom. The van der Waals surface area contributed by atoms with Crippen molar-refractivity contribution in [1.29, 1.82) is 0 Å². The van der Waals surface area contributed by atoms with E-state index < -0.39 is 0 Å². The minimum Gasteiger partial charge on any atom is -0.354 e. The Morgan fingerprint density at radius 2 is 2.17 bits per heavy atom. The number of hydrogen-bond donors (Lipinski definition) is 1. The van der Waals surface area contributed by atoms with Gasteiger partial charge in [-0.1, -0.05) is 18.2 Å². The zero-order valence-electron chi connectivity index (χ0n) is 9.65. The Balaban J connectivity index is 2.28. The highest BCUT2D eigenvalue weighted by molar-refractivity contribution is 14.1. The molecule has 1 heterocycles. The van der Waals surface area contributed by atoms with Crippen molar-refractivity contribution < 1.29 is 4.39 Å². The second-order valence-corrected chi connectivity index (χ2v) is 4.90. The van der Waals surface area contributed by atoms with Crippen molar-refractivity contribution in [2.75, 3.05) is 11.9 Å². The highest BCUT2D eigenvalue weighted by Gasteiger charge is 2.12. The molecule has 0 unspecified atom stereocenters. The fourth-order valence-electron chi connectivity index (χ4n) is 1.60. The van der Waals surface area contributed by atoms with Crippen LogP contribution in [-0.2, 0) is 6.54 Å². The number of benzene rings is 1. The molecule has 94 valence electrons. The molecule has 0 aliphatic heterocycles. The molecule has 18 heavy (non-hydrogen) atoms. The quantitative estimate of drug-likeness (QED) is 0.855. The lowest BCUT2D eigenvalue weighted by molar-refractivity contribution is 0.607. The predicted molar refractivity (Wildman–Crippen MR) is 76.1 cm³/mol. The smallest absolute Gasteiger partial charge is 0.266 e. The summed E-state index contributed by atoms with van der Waals surface area (Å²) < 4.78 is 14.0. The Hall–Kier alpha value is -1.44. The van der Waals surface area contributed by atoms with Crippen molar-refractivity contribution in [3.63, 3.8) is 0 Å². The predicted octanol–water partition coefficient (Wildman–Crippen LogP) is 2.15. The number of halogens is 2. The number of aromatic nitrogens is 2. The van der Waals surface area contributed by atoms with Gasteiger partial charge in [0.25, 0.3) is 5.56 Å². The molecule has 4 nitrogen and oxygen atoms in total. The topological polar surface area (TPSA) is 49.0 Å². The third kappa shape index (κ3) is 2.69. The van der Waals surface area contributed by atoms with E-state index in [1.54, 1.807) is 30.1 Å². The standard InChI is InChI=1S/C12H11FIN3O/c1-17(6-8-4-2-3-5-9(8)13)11-10(14)12(18)16-7-15-11/h2-5,7H,6H2,1H3,(H,15,16,18). The molecule has 1 aromatic heterocycles. The monoisotopic (exact) mass is 359 g/mol. The second kappa shape index (κ2) is 5.47. The largest absolute Gasteiger partial charge is 0.354 e. The maximum absolute atomic E-state index is 13.5. The van der Waals surface area contributed by atoms with Gasteiger partial charge in [0.1, 0.15) is 15.2 Å². The number of anilines is 1. The van der Waals surface area contributed by atoms with Crippen molar-refractivity contribution >= 4 is 28.4 Å². The SMILES string of the molecule is CN(Cc1ccccc1F)c1nc[nH]c(=O)c1I. The summed E-state index contributed by atoms with van der Waals surface area (Å²) in [6, 6.07) is 6.56. The van der Waals surface area contributed by atoms with Crippen LogP contribution in [0.5, 0.6) is 0 Å². The lowest BCUT2D eigenvalue weighted by Crippen LogP contribution is -2.23. The fourth-order valence-corrected chi connectivity index (χ4v) is 2.30. The van der Waals surface area contributed by atoms with Gasteiger partial charge in [0.2, 0.25) is 0 Å². The van der Waals surface area contributed by atoms with Crippen LogP contribution in [0.15, 0.2) is 35.4 Å². The van der Waals surface area contributed by atoms with Crippen LogP contribution in [0.25, 0.3) is 0 Å². The molecular weight excluding hydrogens is 348 g/mol. The molecule has 0 amide bonds. The van der Waals surface area contributed by atoms with Crippen molar-refractivity contribution in [2.45, 2.75) is 6.54 Å². The van der Waals surface area contributed by atoms with Gasteiger partial charge in [-0.25, -0.2) is 9.37 Å². The van der Waals surface area contributed by atoms with E-state index in [1.165, 1.54) is 12.4 Å². The van der Waals surface area contributed by atoms with E-state index in [1.807, 2.05) is 22.6 Å². The first-order chi connectivity index (χ1) is 8.59. The molecule has 2 rings (SSSR count). The summed E-state index contributed by atoms with van der Waals surface area (Å²) in [5, 5.41) is 0. The van der Waals surface area contributed by atoms with Gasteiger partial charge in [0.05, 0.1) is 6.33 Å². The Bertz CT molecular complexity index is 614. The zero-order chi connectivity index (χ0) is 13.1. The molecule has 0 saturated heterocycles. The van der Waals surface area contributed by atoms with Crippen LogP contribution < -0.4 is 10.5 Å². The van der Waals surface area contributed by atoms with Gasteiger partial charge < -0.3 is 9.88 Å². The van der Waals surface area contributed by atoms with E-state index in [2.05, 4.69) is 9.97 Å². The number of aromatic amines is 1. The number of hydrogen-bond acceptors (Lipinski definition) is 3. The number of H-pyrrole nitrogens is 1. The molecule has 0 fully saturated rings. The van der Waals surface area contributed by atoms with E-state index in [4.69, 9.17) is 0 Å². The highest BCUT2D eigenvalue weighted by Crippen LogP contribution is 2.17. The lowest BCUT2D eigenvalue weighted by atomic mass is 10.2. The molecule has 0 spiro atoms. The summed E-state index contributed by atoms with van der Waals surface area (Å²) in [5.74, 6) is 0.284. The number of rotatable bonds is 3. The third-order valence-electron chi connectivity index (χ3n) is 2.51. The normalized spacial score (nSPS) is 10.4. The number of nitrogens with zero attached hydrogens (tertiary/aromatic N) is 2. The van der Waals surface area contributed by atoms with Crippen molar-refractivity contribution in [3.05, 3.63) is 55.9 Å². The second-order valence-electron chi connectivity index (χ2n) is 3.82. The van der Waals surface area contributed by atoms with E-state index in [0.29, 0.717) is 21.5 Å². The summed E-state index contributed by atoms with van der Waals surface area (Å²) >= 11 is 1.93. The van der Waals surface area contributed by atoms with Crippen LogP contribution in [0.3, 0.4) is 0 Å². The molecule has 1 N–H and O–H groups in total. The van der Waals surface area contributed by atoms with E-state index in [-0.39, 0.29) is 11.4 Å². The Morgan fingerprint density at radius 1 is 1.44 bits per heavy atom. The molecule has 0 bridgehead atoms. The van der Waals surface area contributed by atoms with Gasteiger partial charge in [-0.3, -0.25) is 4.79 Å². The van der Waals surface area contributed by atoms with Gasteiger partial charge in [-0.05, 0) is 28.7 Å². The van der Waals surface area contributed by atoms with Gasteiger partial charge in [0, 0.05) is 19.2 Å². The Labute approximate surface area is 117 Å². The summed E-state index contributed by atoms with van der Waals surface area (Å²) in [6.07, 6.45) is 1.34. The van der Waals surface area contributed by atoms with Crippen molar-refractivity contribution in [2.24, 2.45) is 0 Å². The van der Waals surface area contributed by atoms with Crippen LogP contribution in [0.4, 0.5) is 10.2 Å². The van der Waals surface area contributed by atoms with E-state index in [9.17, 15) is 9.18 Å². The summed E-state index contributed by atoms with van der Waals surface area (Å²) in [6.45, 7) is 0.360. The summed E-state index contributed by atoms with van der Waals surface area (Å²) in [7, 11) is 1.77. The van der Waals surface area contributed by atoms with Gasteiger partial charge >= 0.3 is 0 Å². The van der Waals surface area contributed by atoms with Gasteiger partial charge in [-0.2, -0.15) is 0 Å². The van der Waals surface area contributed by atoms with Crippen molar-refractivity contribution in [1.82, 2.24) is 9.97 Å². The van der Waals surface area contributed by atoms with Crippen LogP contribution in [0.1, 0.15) is 5.56 Å². The first-order valence-corrected chi connectivity index (χ1v) is 6.35. The van der Waals surface area contributed by atoms with E-state index >= 15 is 0 Å². The van der Waals surface area contributed by atoms with Crippen LogP contribution in [0.2, 0.25) is 0 Å². The summed E-state index contributed by atoms with van der Waals surface area (Å²) in [4.78, 5) is 19.8. The highest BCUT2D eigenvalue weighted by atomic mass is 127. The minimum atomic E-state index is -0.260. The zero-order valence-corrected chi connectivity index (χ0v) is 11.8. The average molecular weight is 359 g/mol. The minimum absolute atomic E-state index is 0.194. The van der Waals surface area contributed by atoms with Crippen LogP contribution >= 0.6 is 22.6 Å². The summed E-state index contributed by atoms with van der Waals surface area (Å²) in [5.41, 5.74) is 0.374. The average Bonchev–Trinajstić information content (AvgIpc) is 2.35. The van der Waals surface area contributed by atoms with Crippen molar-refractivity contribution in [3.8, 4) is 0 Å². The lowest BCUT2D eigenvalue weighted by Gasteiger charge is -2.19. The molecule has 0 atom stereocenters. The molecule has 0 radical (unpaired) electrons. The molecule has 1 aromatic carbocycles. The fraction of sp³-hybridized carbons (Fsp3) is 0.167. The Kier molecular flexibility index (Phi) is 3.95. The van der Waals surface area contributed by atoms with Crippen LogP contribution in [-0.4, -0.2) is 17.0 Å². The molecule has 0 saturated carbocycles. The first kappa shape index (κ1) is 13.0. The molecule has 6 heteroatoms. The maximum atomic E-state index is 13.5. The molecule has 0 aliphatic carbocycles. The third-order valence-corrected chi connectivity index (χ3v) is 3.48. The van der Waals surface area contributed by atoms with E-state index in [0.717, 1.165) is 0 Å². The molecular formula is C12H11FIN3O. The molecule has 0 aliphatic rings. The van der Waals surface area contributed by atoms with Gasteiger partial charge in [-0.15, -0.1) is 0 Å². The number of nitrogens with one attached hydrogen (secondary N) is 1. The van der Waals surface area contributed by atoms with Gasteiger partial charge in [0.15, 0.2) is 0 Å². The first-order valence-electron chi connectivity index (χ1n) is 5.27. The molecule has 2 aromatic rings.